The van der Waals surface area contributed by atoms with Crippen molar-refractivity contribution in [2.45, 2.75) is 153 Å². The van der Waals surface area contributed by atoms with Crippen LogP contribution in [0.5, 0.6) is 0 Å². The lowest BCUT2D eigenvalue weighted by Gasteiger charge is -2.50. The lowest BCUT2D eigenvalue weighted by molar-refractivity contribution is -0.373. The summed E-state index contributed by atoms with van der Waals surface area (Å²) in [6.45, 7) is -5.06. The van der Waals surface area contributed by atoms with Gasteiger partial charge < -0.3 is 88.2 Å². The molecule has 0 aromatic carbocycles. The minimum Gasteiger partial charge on any atom is -0.479 e. The Hall–Kier alpha value is -2.74. The number of hydrogen-bond donors (Lipinski definition) is 19. The summed E-state index contributed by atoms with van der Waals surface area (Å²) in [6, 6.07) is -8.17. The molecule has 0 aliphatic carbocycles. The molecule has 5 saturated heterocycles. The van der Waals surface area contributed by atoms with E-state index in [1.165, 1.54) is 9.44 Å². The summed E-state index contributed by atoms with van der Waals surface area (Å²) in [6.07, 6.45) is -63.6. The van der Waals surface area contributed by atoms with Crippen LogP contribution in [0.4, 0.5) is 0 Å². The SMILES string of the molecule is CO[C@H]1OC(COS(=O)(=O)O)[C@@H](O[C@@H]2OC(C(=O)O)[C@@H](O[C@H]3OC(COS(=O)(=O)O)[C@@H](O[C@@H]4O[C@@H](C(=O)O)[C@@H](O[C@H]5O[C@@H](COS(=O)(=O)O)[C@@H](O)C(O)C5NS(=O)(=O)O)C(O)[C@@H]4O)[C@H](OS(=O)(=O)O)C3NS(=O)(=O)O)C(O)[C@@H]2OS(=O)(=O)O)[C@H](O)C1NS(=O)(=O)O. The van der Waals surface area contributed by atoms with Crippen molar-refractivity contribution in [3.63, 3.8) is 0 Å². The van der Waals surface area contributed by atoms with Crippen molar-refractivity contribution in [3.8, 4) is 0 Å². The molecule has 0 aromatic heterocycles. The van der Waals surface area contributed by atoms with Gasteiger partial charge in [-0.25, -0.2) is 30.5 Å². The van der Waals surface area contributed by atoms with Crippen LogP contribution in [-0.4, -0.2) is 337 Å². The van der Waals surface area contributed by atoms with Crippen molar-refractivity contribution in [2.24, 2.45) is 0 Å². The third-order valence-corrected chi connectivity index (χ3v) is 16.4. The van der Waals surface area contributed by atoms with Gasteiger partial charge in [-0.15, -0.1) is 0 Å². The van der Waals surface area contributed by atoms with E-state index in [0.29, 0.717) is 0 Å². The van der Waals surface area contributed by atoms with Gasteiger partial charge in [0.2, 0.25) is 0 Å². The monoisotopic (exact) mass is 1510 g/mol. The summed E-state index contributed by atoms with van der Waals surface area (Å²) in [7, 11) is -45.9. The first-order chi connectivity index (χ1) is 41.2. The molecule has 91 heavy (non-hydrogen) atoms. The summed E-state index contributed by atoms with van der Waals surface area (Å²) in [5.74, 6) is -4.91. The highest BCUT2D eigenvalue weighted by Crippen LogP contribution is 2.39. The average Bonchev–Trinajstić information content (AvgIpc) is 0.767. The molecule has 5 aliphatic rings. The van der Waals surface area contributed by atoms with Gasteiger partial charge in [-0.2, -0.15) is 81.5 Å². The molecule has 0 bridgehead atoms. The molecule has 9 unspecified atom stereocenters. The first-order valence-electron chi connectivity index (χ1n) is 23.5. The van der Waals surface area contributed by atoms with Crippen LogP contribution in [0.3, 0.4) is 0 Å². The highest BCUT2D eigenvalue weighted by Gasteiger charge is 2.61. The fraction of sp³-hybridized carbons (Fsp3) is 0.935. The van der Waals surface area contributed by atoms with E-state index in [0.717, 1.165) is 11.8 Å². The molecular weight excluding hydrogens is 1450 g/mol. The van der Waals surface area contributed by atoms with Gasteiger partial charge in [0.05, 0.1) is 19.8 Å². The molecule has 0 aromatic rings. The van der Waals surface area contributed by atoms with Crippen LogP contribution in [0.15, 0.2) is 0 Å². The Morgan fingerprint density at radius 3 is 1.13 bits per heavy atom. The molecule has 0 spiro atoms. The summed E-state index contributed by atoms with van der Waals surface area (Å²) in [4.78, 5) is 25.8. The number of carbonyl (C=O) groups is 2. The summed E-state index contributed by atoms with van der Waals surface area (Å²) in [5.41, 5.74) is 0. The number of aliphatic hydroxyl groups excluding tert-OH is 6. The maximum atomic E-state index is 13.0. The molecule has 60 heteroatoms. The molecule has 5 aliphatic heterocycles. The number of aliphatic carboxylic acids is 2. The molecule has 534 valence electrons. The largest absolute Gasteiger partial charge is 0.479 e. The van der Waals surface area contributed by atoms with Gasteiger partial charge in [-0.1, -0.05) is 0 Å². The van der Waals surface area contributed by atoms with E-state index in [9.17, 15) is 150 Å². The molecule has 5 heterocycles. The zero-order chi connectivity index (χ0) is 69.4. The standard InChI is InChI=1S/C31H53N3O49S8/c1-69-27-9(33-85(48,49)50)13(37)17(6(74-27)3-71-88(57,58)59)76-31-22(83-91(66,67)68)16(40)21(24(81-31)26(43)44)79-29-10(34-86(51,52)53)19(82-90(63,64)65)18(7(75-29)4-72-89(60,61)62)77-30-15(39)14(38)20(23(80-30)25(41)42)78-28-8(32-84(45,46)47)12(36)11(35)5(73-28)2-70-87(54,55)56/h5-24,27-40H,2-4H2,1H3,(H,41,42)(H,43,44)(H,45,46,47)(H,48,49,50)(H,51,52,53)(H,54,55,56)(H,57,58,59)(H,60,61,62)(H,63,64,65)(H,66,67,68)/t5-,6?,7?,8?,9?,10?,11+,12?,13+,14?,15-,16?,17+,18+,19+,20-,21-,22-,23+,24?,27-,28+,29+,30+,31+/m0/s1. The van der Waals surface area contributed by atoms with Crippen LogP contribution in [-0.2, 0) is 161 Å². The Morgan fingerprint density at radius 2 is 0.703 bits per heavy atom. The lowest BCUT2D eigenvalue weighted by Crippen LogP contribution is -2.71. The summed E-state index contributed by atoms with van der Waals surface area (Å²) in [5, 5.41) is 87.8. The highest BCUT2D eigenvalue weighted by atomic mass is 32.3. The number of carboxylic acids is 2. The van der Waals surface area contributed by atoms with E-state index in [-0.39, 0.29) is 0 Å². The number of rotatable bonds is 30. The fourth-order valence-electron chi connectivity index (χ4n) is 8.98. The zero-order valence-corrected chi connectivity index (χ0v) is 50.5. The van der Waals surface area contributed by atoms with Gasteiger partial charge in [-0.3, -0.25) is 36.4 Å². The highest BCUT2D eigenvalue weighted by molar-refractivity contribution is 7.84. The Labute approximate surface area is 509 Å². The number of hydrogen-bond acceptors (Lipinski definition) is 39. The van der Waals surface area contributed by atoms with E-state index in [4.69, 9.17) is 51.9 Å². The number of nitrogens with one attached hydrogen (secondary N) is 3. The van der Waals surface area contributed by atoms with Crippen LogP contribution in [0, 0.1) is 0 Å². The van der Waals surface area contributed by atoms with Gasteiger partial charge in [-0.05, 0) is 0 Å². The molecule has 0 saturated carbocycles. The number of methoxy groups -OCH3 is 1. The summed E-state index contributed by atoms with van der Waals surface area (Å²) < 4.78 is 346. The Kier molecular flexibility index (Phi) is 26.0. The topological polar surface area (TPSA) is 805 Å². The number of carboxylic acid groups (broad SMARTS) is 2. The van der Waals surface area contributed by atoms with Gasteiger partial charge in [0, 0.05) is 7.11 Å². The van der Waals surface area contributed by atoms with Crippen LogP contribution in [0.2, 0.25) is 0 Å². The lowest BCUT2D eigenvalue weighted by atomic mass is 9.94. The molecule has 52 nitrogen and oxygen atoms in total. The Balaban J connectivity index is 1.60. The van der Waals surface area contributed by atoms with E-state index < -0.39 is 268 Å². The van der Waals surface area contributed by atoms with Crippen molar-refractivity contribution in [3.05, 3.63) is 0 Å². The van der Waals surface area contributed by atoms with E-state index >= 15 is 0 Å². The number of ether oxygens (including phenoxy) is 10. The minimum atomic E-state index is -6.36. The quantitative estimate of drug-likeness (QED) is 0.0297. The van der Waals surface area contributed by atoms with Crippen LogP contribution >= 0.6 is 0 Å². The first-order valence-corrected chi connectivity index (χ1v) is 34.7. The maximum Gasteiger partial charge on any atom is 0.397 e. The van der Waals surface area contributed by atoms with Crippen molar-refractivity contribution in [1.29, 1.82) is 0 Å². The second kappa shape index (κ2) is 29.9. The van der Waals surface area contributed by atoms with Crippen LogP contribution in [0.1, 0.15) is 0 Å². The van der Waals surface area contributed by atoms with Crippen LogP contribution < -0.4 is 14.2 Å². The third-order valence-electron chi connectivity index (χ3n) is 12.4. The third kappa shape index (κ3) is 22.9. The van der Waals surface area contributed by atoms with E-state index in [1.807, 2.05) is 0 Å². The molecule has 19 N–H and O–H groups in total. The predicted molar refractivity (Wildman–Crippen MR) is 262 cm³/mol. The van der Waals surface area contributed by atoms with Crippen molar-refractivity contribution in [1.82, 2.24) is 14.2 Å². The van der Waals surface area contributed by atoms with Gasteiger partial charge in [0.25, 0.3) is 0 Å². The molecule has 25 atom stereocenters. The first kappa shape index (κ1) is 79.0. The number of aliphatic hydroxyl groups is 6. The molecular formula is C31H53N3O49S8. The van der Waals surface area contributed by atoms with E-state index in [2.05, 4.69) is 20.9 Å². The second-order valence-electron chi connectivity index (χ2n) is 18.7. The van der Waals surface area contributed by atoms with Gasteiger partial charge in [0.15, 0.2) is 49.8 Å². The normalized spacial score (nSPS) is 38.6. The van der Waals surface area contributed by atoms with Crippen LogP contribution in [0.25, 0.3) is 0 Å². The van der Waals surface area contributed by atoms with E-state index in [1.54, 1.807) is 0 Å². The Morgan fingerprint density at radius 1 is 0.352 bits per heavy atom. The Bertz CT molecular complexity index is 3490. The van der Waals surface area contributed by atoms with Crippen molar-refractivity contribution >= 4 is 94.8 Å². The minimum absolute atomic E-state index is 0.735. The predicted octanol–water partition coefficient (Wildman–Crippen LogP) is -13.8. The van der Waals surface area contributed by atoms with Gasteiger partial charge in [0.1, 0.15) is 104 Å². The molecule has 5 fully saturated rings. The summed E-state index contributed by atoms with van der Waals surface area (Å²) >= 11 is 0. The molecule has 0 radical (unpaired) electrons. The average molecular weight is 1510 g/mol. The molecule has 5 rings (SSSR count). The van der Waals surface area contributed by atoms with Crippen molar-refractivity contribution < 1.29 is 222 Å². The van der Waals surface area contributed by atoms with Gasteiger partial charge >= 0.3 is 94.8 Å². The smallest absolute Gasteiger partial charge is 0.397 e. The zero-order valence-electron chi connectivity index (χ0n) is 43.9. The molecule has 0 amide bonds. The van der Waals surface area contributed by atoms with Crippen molar-refractivity contribution in [2.75, 3.05) is 26.9 Å². The second-order valence-corrected chi connectivity index (χ2v) is 27.6. The fourth-order valence-corrected chi connectivity index (χ4v) is 12.7. The maximum absolute atomic E-state index is 13.0.